The summed E-state index contributed by atoms with van der Waals surface area (Å²) in [6.07, 6.45) is 1.33. The lowest BCUT2D eigenvalue weighted by Gasteiger charge is -2.20. The zero-order chi connectivity index (χ0) is 19.2. The van der Waals surface area contributed by atoms with Crippen molar-refractivity contribution >= 4 is 17.5 Å². The number of amides is 2. The number of carbonyl (C=O) groups is 2. The fraction of sp³-hybridized carbons (Fsp3) is 0.556. The summed E-state index contributed by atoms with van der Waals surface area (Å²) < 4.78 is 38.7. The van der Waals surface area contributed by atoms with Crippen LogP contribution in [-0.2, 0) is 22.3 Å². The number of anilines is 1. The van der Waals surface area contributed by atoms with Gasteiger partial charge in [0.25, 0.3) is 0 Å². The first kappa shape index (κ1) is 20.2. The Morgan fingerprint density at radius 2 is 1.77 bits per heavy atom. The van der Waals surface area contributed by atoms with Crippen LogP contribution in [0.5, 0.6) is 0 Å². The van der Waals surface area contributed by atoms with Gasteiger partial charge < -0.3 is 16.4 Å². The van der Waals surface area contributed by atoms with Crippen molar-refractivity contribution in [2.75, 3.05) is 11.9 Å². The number of hydrogen-bond acceptors (Lipinski definition) is 3. The number of nitrogens with one attached hydrogen (secondary N) is 2. The van der Waals surface area contributed by atoms with E-state index in [1.807, 2.05) is 0 Å². The highest BCUT2D eigenvalue weighted by molar-refractivity contribution is 5.94. The summed E-state index contributed by atoms with van der Waals surface area (Å²) in [5.74, 6) is -0.439. The van der Waals surface area contributed by atoms with Gasteiger partial charge >= 0.3 is 6.18 Å². The molecule has 5 nitrogen and oxygen atoms in total. The van der Waals surface area contributed by atoms with Crippen molar-refractivity contribution in [2.45, 2.75) is 51.2 Å². The molecule has 0 heterocycles. The van der Waals surface area contributed by atoms with E-state index in [4.69, 9.17) is 5.73 Å². The largest absolute Gasteiger partial charge is 0.416 e. The summed E-state index contributed by atoms with van der Waals surface area (Å²) in [6.45, 7) is -0.356. The summed E-state index contributed by atoms with van der Waals surface area (Å²) in [4.78, 5) is 23.8. The predicted molar refractivity (Wildman–Crippen MR) is 92.2 cm³/mol. The van der Waals surface area contributed by atoms with Crippen molar-refractivity contribution in [1.29, 1.82) is 0 Å². The summed E-state index contributed by atoms with van der Waals surface area (Å²) >= 11 is 0. The molecule has 2 amide bonds. The van der Waals surface area contributed by atoms with Crippen LogP contribution in [0, 0.1) is 5.92 Å². The number of rotatable bonds is 6. The molecule has 0 atom stereocenters. The van der Waals surface area contributed by atoms with Crippen molar-refractivity contribution in [2.24, 2.45) is 11.7 Å². The summed E-state index contributed by atoms with van der Waals surface area (Å²) in [5, 5.41) is 4.90. The van der Waals surface area contributed by atoms with Crippen LogP contribution in [0.2, 0.25) is 0 Å². The standard InChI is InChI=1S/C18H24F3N3O2/c19-18(20,21)14-6-13(10-22)7-15(9-14)24-17(26)11-23-16(25)8-12-4-2-1-3-5-12/h6-7,9,12H,1-5,8,10-11,22H2,(H,23,25)(H,24,26). The van der Waals surface area contributed by atoms with Crippen molar-refractivity contribution < 1.29 is 22.8 Å². The Morgan fingerprint density at radius 3 is 2.38 bits per heavy atom. The third-order valence-electron chi connectivity index (χ3n) is 4.48. The third-order valence-corrected chi connectivity index (χ3v) is 4.48. The van der Waals surface area contributed by atoms with Crippen LogP contribution in [0.1, 0.15) is 49.7 Å². The van der Waals surface area contributed by atoms with Gasteiger partial charge in [-0.05, 0) is 42.5 Å². The van der Waals surface area contributed by atoms with Gasteiger partial charge in [-0.2, -0.15) is 13.2 Å². The van der Waals surface area contributed by atoms with Gasteiger partial charge in [-0.3, -0.25) is 9.59 Å². The highest BCUT2D eigenvalue weighted by Gasteiger charge is 2.31. The molecule has 8 heteroatoms. The number of hydrogen-bond donors (Lipinski definition) is 3. The average molecular weight is 371 g/mol. The third kappa shape index (κ3) is 6.33. The molecule has 0 unspecified atom stereocenters. The minimum absolute atomic E-state index is 0.00630. The van der Waals surface area contributed by atoms with Crippen molar-refractivity contribution in [3.05, 3.63) is 29.3 Å². The molecule has 4 N–H and O–H groups in total. The van der Waals surface area contributed by atoms with Crippen LogP contribution < -0.4 is 16.4 Å². The van der Waals surface area contributed by atoms with Gasteiger partial charge in [-0.15, -0.1) is 0 Å². The predicted octanol–water partition coefficient (Wildman–Crippen LogP) is 3.19. The molecule has 0 aromatic heterocycles. The smallest absolute Gasteiger partial charge is 0.347 e. The molecule has 1 aromatic rings. The molecule has 1 aliphatic rings. The average Bonchev–Trinajstić information content (AvgIpc) is 2.60. The monoisotopic (exact) mass is 371 g/mol. The van der Waals surface area contributed by atoms with Crippen LogP contribution in [0.4, 0.5) is 18.9 Å². The Balaban J connectivity index is 1.87. The van der Waals surface area contributed by atoms with E-state index in [0.717, 1.165) is 37.8 Å². The van der Waals surface area contributed by atoms with E-state index >= 15 is 0 Å². The first-order valence-electron chi connectivity index (χ1n) is 8.75. The summed E-state index contributed by atoms with van der Waals surface area (Å²) in [7, 11) is 0. The van der Waals surface area contributed by atoms with E-state index in [1.54, 1.807) is 0 Å². The van der Waals surface area contributed by atoms with E-state index in [2.05, 4.69) is 10.6 Å². The fourth-order valence-electron chi connectivity index (χ4n) is 3.16. The van der Waals surface area contributed by atoms with Gasteiger partial charge in [-0.1, -0.05) is 19.3 Å². The molecule has 144 valence electrons. The quantitative estimate of drug-likeness (QED) is 0.718. The normalized spacial score (nSPS) is 15.5. The van der Waals surface area contributed by atoms with Crippen molar-refractivity contribution in [1.82, 2.24) is 5.32 Å². The van der Waals surface area contributed by atoms with Crippen LogP contribution in [-0.4, -0.2) is 18.4 Å². The summed E-state index contributed by atoms with van der Waals surface area (Å²) in [6, 6.07) is 3.18. The second-order valence-electron chi connectivity index (χ2n) is 6.65. The van der Waals surface area contributed by atoms with Gasteiger partial charge in [0.1, 0.15) is 0 Å². The lowest BCUT2D eigenvalue weighted by atomic mass is 9.87. The highest BCUT2D eigenvalue weighted by atomic mass is 19.4. The Hall–Kier alpha value is -2.09. The second kappa shape index (κ2) is 9.02. The van der Waals surface area contributed by atoms with Gasteiger partial charge in [0.15, 0.2) is 0 Å². The molecule has 0 radical (unpaired) electrons. The molecule has 0 bridgehead atoms. The second-order valence-corrected chi connectivity index (χ2v) is 6.65. The SMILES string of the molecule is NCc1cc(NC(=O)CNC(=O)CC2CCCCC2)cc(C(F)(F)F)c1. The topological polar surface area (TPSA) is 84.2 Å². The first-order chi connectivity index (χ1) is 12.3. The van der Waals surface area contributed by atoms with Gasteiger partial charge in [0.2, 0.25) is 11.8 Å². The van der Waals surface area contributed by atoms with Gasteiger partial charge in [-0.25, -0.2) is 0 Å². The number of nitrogens with two attached hydrogens (primary N) is 1. The van der Waals surface area contributed by atoms with E-state index in [9.17, 15) is 22.8 Å². The Kier molecular flexibility index (Phi) is 7.02. The summed E-state index contributed by atoms with van der Waals surface area (Å²) in [5.41, 5.74) is 4.80. The molecule has 2 rings (SSSR count). The maximum Gasteiger partial charge on any atom is 0.416 e. The van der Waals surface area contributed by atoms with Crippen molar-refractivity contribution in [3.63, 3.8) is 0 Å². The van der Waals surface area contributed by atoms with Crippen LogP contribution in [0.15, 0.2) is 18.2 Å². The van der Waals surface area contributed by atoms with E-state index in [1.165, 1.54) is 12.5 Å². The lowest BCUT2D eigenvalue weighted by molar-refractivity contribution is -0.137. The highest BCUT2D eigenvalue weighted by Crippen LogP contribution is 2.32. The van der Waals surface area contributed by atoms with Crippen LogP contribution in [0.3, 0.4) is 0 Å². The Morgan fingerprint density at radius 1 is 1.08 bits per heavy atom. The maximum absolute atomic E-state index is 12.9. The maximum atomic E-state index is 12.9. The number of benzene rings is 1. The Labute approximate surface area is 150 Å². The molecule has 1 aromatic carbocycles. The number of alkyl halides is 3. The van der Waals surface area contributed by atoms with Crippen molar-refractivity contribution in [3.8, 4) is 0 Å². The number of halogens is 3. The zero-order valence-electron chi connectivity index (χ0n) is 14.5. The van der Waals surface area contributed by atoms with Crippen LogP contribution >= 0.6 is 0 Å². The molecule has 1 aliphatic carbocycles. The van der Waals surface area contributed by atoms with E-state index in [-0.39, 0.29) is 30.2 Å². The lowest BCUT2D eigenvalue weighted by Crippen LogP contribution is -2.34. The molecular formula is C18H24F3N3O2. The first-order valence-corrected chi connectivity index (χ1v) is 8.75. The molecule has 26 heavy (non-hydrogen) atoms. The zero-order valence-corrected chi connectivity index (χ0v) is 14.5. The van der Waals surface area contributed by atoms with E-state index in [0.29, 0.717) is 12.3 Å². The van der Waals surface area contributed by atoms with Gasteiger partial charge in [0.05, 0.1) is 12.1 Å². The van der Waals surface area contributed by atoms with Crippen LogP contribution in [0.25, 0.3) is 0 Å². The van der Waals surface area contributed by atoms with Gasteiger partial charge in [0, 0.05) is 18.7 Å². The molecular weight excluding hydrogens is 347 g/mol. The molecule has 1 saturated carbocycles. The number of carbonyl (C=O) groups excluding carboxylic acids is 2. The fourth-order valence-corrected chi connectivity index (χ4v) is 3.16. The molecule has 1 fully saturated rings. The molecule has 0 saturated heterocycles. The molecule has 0 aliphatic heterocycles. The minimum atomic E-state index is -4.53. The molecule has 0 spiro atoms. The minimum Gasteiger partial charge on any atom is -0.347 e. The van der Waals surface area contributed by atoms with E-state index < -0.39 is 17.6 Å². The Bertz CT molecular complexity index is 641.